The van der Waals surface area contributed by atoms with Crippen LogP contribution in [0.15, 0.2) is 46.3 Å². The number of thioether (sulfide) groups is 1. The van der Waals surface area contributed by atoms with Gasteiger partial charge in [0.1, 0.15) is 11.6 Å². The van der Waals surface area contributed by atoms with E-state index in [4.69, 9.17) is 14.5 Å². The molecule has 1 saturated heterocycles. The van der Waals surface area contributed by atoms with Gasteiger partial charge in [0, 0.05) is 17.2 Å². The van der Waals surface area contributed by atoms with Gasteiger partial charge in [0.15, 0.2) is 5.16 Å². The van der Waals surface area contributed by atoms with Gasteiger partial charge in [-0.15, -0.1) is 11.3 Å². The van der Waals surface area contributed by atoms with Gasteiger partial charge in [-0.1, -0.05) is 49.0 Å². The Bertz CT molecular complexity index is 978. The average Bonchev–Trinajstić information content (AvgIpc) is 3.17. The first-order valence-electron chi connectivity index (χ1n) is 9.64. The van der Waals surface area contributed by atoms with Crippen molar-refractivity contribution in [3.8, 4) is 0 Å². The summed E-state index contributed by atoms with van der Waals surface area (Å²) in [4.78, 5) is 20.1. The average molecular weight is 417 g/mol. The van der Waals surface area contributed by atoms with Gasteiger partial charge in [-0.3, -0.25) is 9.36 Å². The maximum absolute atomic E-state index is 13.2. The summed E-state index contributed by atoms with van der Waals surface area (Å²) in [5, 5.41) is 1.52. The number of nitrogens with zero attached hydrogens (tertiary/aromatic N) is 2. The summed E-state index contributed by atoms with van der Waals surface area (Å²) in [5.41, 5.74) is 1.28. The van der Waals surface area contributed by atoms with Crippen molar-refractivity contribution < 1.29 is 9.47 Å². The summed E-state index contributed by atoms with van der Waals surface area (Å²) in [7, 11) is 0. The van der Waals surface area contributed by atoms with Crippen LogP contribution >= 0.6 is 23.1 Å². The number of aromatic nitrogens is 2. The first-order valence-corrected chi connectivity index (χ1v) is 11.4. The molecule has 0 aliphatic carbocycles. The van der Waals surface area contributed by atoms with E-state index in [9.17, 15) is 4.79 Å². The lowest BCUT2D eigenvalue weighted by molar-refractivity contribution is -0.130. The maximum atomic E-state index is 13.2. The second kappa shape index (κ2) is 9.22. The fourth-order valence-corrected chi connectivity index (χ4v) is 5.31. The lowest BCUT2D eigenvalue weighted by atomic mass is 10.1. The predicted molar refractivity (Wildman–Crippen MR) is 114 cm³/mol. The summed E-state index contributed by atoms with van der Waals surface area (Å²) in [5.74, 6) is 0.776. The van der Waals surface area contributed by atoms with E-state index >= 15 is 0 Å². The number of fused-ring (bicyclic) bond motifs is 1. The summed E-state index contributed by atoms with van der Waals surface area (Å²) >= 11 is 3.23. The molecular formula is C21H24N2O3S2. The molecule has 1 atom stereocenters. The van der Waals surface area contributed by atoms with Crippen LogP contribution in [-0.2, 0) is 28.9 Å². The van der Waals surface area contributed by atoms with Gasteiger partial charge >= 0.3 is 0 Å². The number of hydrogen-bond acceptors (Lipinski definition) is 6. The van der Waals surface area contributed by atoms with Crippen LogP contribution < -0.4 is 5.56 Å². The lowest BCUT2D eigenvalue weighted by Crippen LogP contribution is -2.27. The van der Waals surface area contributed by atoms with E-state index in [0.29, 0.717) is 13.3 Å². The van der Waals surface area contributed by atoms with Crippen molar-refractivity contribution in [2.24, 2.45) is 0 Å². The van der Waals surface area contributed by atoms with E-state index in [0.717, 1.165) is 47.0 Å². The molecule has 3 aromatic rings. The highest BCUT2D eigenvalue weighted by Gasteiger charge is 2.18. The Balaban J connectivity index is 1.62. The highest BCUT2D eigenvalue weighted by atomic mass is 32.2. The maximum Gasteiger partial charge on any atom is 0.262 e. The summed E-state index contributed by atoms with van der Waals surface area (Å²) in [6.07, 6.45) is 2.74. The van der Waals surface area contributed by atoms with Crippen molar-refractivity contribution in [3.63, 3.8) is 0 Å². The zero-order valence-corrected chi connectivity index (χ0v) is 17.6. The van der Waals surface area contributed by atoms with Crippen LogP contribution in [0.4, 0.5) is 0 Å². The van der Waals surface area contributed by atoms with Crippen molar-refractivity contribution in [1.82, 2.24) is 9.55 Å². The number of ether oxygens (including phenoxy) is 2. The number of hydrogen-bond donors (Lipinski definition) is 0. The molecule has 0 spiro atoms. The third kappa shape index (κ3) is 4.49. The molecule has 148 valence electrons. The van der Waals surface area contributed by atoms with Gasteiger partial charge in [0.2, 0.25) is 0 Å². The Kier molecular flexibility index (Phi) is 6.47. The quantitative estimate of drug-likeness (QED) is 0.428. The van der Waals surface area contributed by atoms with Crippen LogP contribution in [0.5, 0.6) is 0 Å². The molecule has 28 heavy (non-hydrogen) atoms. The van der Waals surface area contributed by atoms with Crippen molar-refractivity contribution in [2.45, 2.75) is 44.0 Å². The minimum Gasteiger partial charge on any atom is -0.355 e. The first kappa shape index (κ1) is 19.6. The van der Waals surface area contributed by atoms with Gasteiger partial charge in [0.05, 0.1) is 18.1 Å². The van der Waals surface area contributed by atoms with Crippen molar-refractivity contribution in [3.05, 3.63) is 57.2 Å². The van der Waals surface area contributed by atoms with E-state index in [-0.39, 0.29) is 11.7 Å². The van der Waals surface area contributed by atoms with Gasteiger partial charge in [0.25, 0.3) is 5.56 Å². The number of rotatable bonds is 7. The Labute approximate surface area is 172 Å². The second-order valence-corrected chi connectivity index (χ2v) is 8.89. The predicted octanol–water partition coefficient (Wildman–Crippen LogP) is 4.12. The largest absolute Gasteiger partial charge is 0.355 e. The first-order chi connectivity index (χ1) is 13.7. The third-order valence-electron chi connectivity index (χ3n) is 4.85. The van der Waals surface area contributed by atoms with E-state index in [1.807, 2.05) is 28.8 Å². The molecular weight excluding hydrogens is 392 g/mol. The van der Waals surface area contributed by atoms with Crippen LogP contribution in [0, 0.1) is 0 Å². The van der Waals surface area contributed by atoms with E-state index in [1.165, 1.54) is 10.4 Å². The molecule has 0 amide bonds. The SMILES string of the molecule is CCc1cc2c(=O)n(CCc3ccccc3)c(SC[C@@H]3CCOCO3)nc2s1. The zero-order valence-electron chi connectivity index (χ0n) is 15.9. The van der Waals surface area contributed by atoms with Gasteiger partial charge in [-0.05, 0) is 30.9 Å². The zero-order chi connectivity index (χ0) is 19.3. The molecule has 0 unspecified atom stereocenters. The number of aryl methyl sites for hydroxylation is 2. The third-order valence-corrected chi connectivity index (χ3v) is 7.13. The molecule has 1 aromatic carbocycles. The van der Waals surface area contributed by atoms with Crippen LogP contribution in [0.3, 0.4) is 0 Å². The summed E-state index contributed by atoms with van der Waals surface area (Å²) < 4.78 is 12.7. The fourth-order valence-electron chi connectivity index (χ4n) is 3.21. The molecule has 4 rings (SSSR count). The molecule has 3 heterocycles. The Morgan fingerprint density at radius 2 is 2.18 bits per heavy atom. The smallest absolute Gasteiger partial charge is 0.262 e. The van der Waals surface area contributed by atoms with E-state index in [2.05, 4.69) is 19.1 Å². The van der Waals surface area contributed by atoms with Crippen LogP contribution in [0.2, 0.25) is 0 Å². The molecule has 0 bridgehead atoms. The molecule has 1 fully saturated rings. The highest BCUT2D eigenvalue weighted by Crippen LogP contribution is 2.26. The topological polar surface area (TPSA) is 53.4 Å². The van der Waals surface area contributed by atoms with Crippen molar-refractivity contribution >= 4 is 33.3 Å². The van der Waals surface area contributed by atoms with E-state index < -0.39 is 0 Å². The molecule has 0 radical (unpaired) electrons. The fraction of sp³-hybridized carbons (Fsp3) is 0.429. The van der Waals surface area contributed by atoms with Crippen LogP contribution in [0.1, 0.15) is 23.8 Å². The monoisotopic (exact) mass is 416 g/mol. The Morgan fingerprint density at radius 3 is 2.93 bits per heavy atom. The summed E-state index contributed by atoms with van der Waals surface area (Å²) in [6, 6.07) is 12.3. The van der Waals surface area contributed by atoms with Gasteiger partial charge in [-0.25, -0.2) is 4.98 Å². The molecule has 0 N–H and O–H groups in total. The van der Waals surface area contributed by atoms with Crippen molar-refractivity contribution in [1.29, 1.82) is 0 Å². The van der Waals surface area contributed by atoms with Crippen LogP contribution in [-0.4, -0.2) is 34.8 Å². The van der Waals surface area contributed by atoms with Crippen LogP contribution in [0.25, 0.3) is 10.2 Å². The van der Waals surface area contributed by atoms with Crippen molar-refractivity contribution in [2.75, 3.05) is 19.2 Å². The van der Waals surface area contributed by atoms with Gasteiger partial charge in [-0.2, -0.15) is 0 Å². The number of benzene rings is 1. The second-order valence-electron chi connectivity index (χ2n) is 6.79. The number of thiophene rings is 1. The molecule has 5 nitrogen and oxygen atoms in total. The Hall–Kier alpha value is -1.67. The van der Waals surface area contributed by atoms with Gasteiger partial charge < -0.3 is 9.47 Å². The molecule has 0 saturated carbocycles. The minimum absolute atomic E-state index is 0.0623. The normalized spacial score (nSPS) is 17.2. The molecule has 7 heteroatoms. The van der Waals surface area contributed by atoms with E-state index in [1.54, 1.807) is 23.1 Å². The lowest BCUT2D eigenvalue weighted by Gasteiger charge is -2.22. The molecule has 1 aliphatic rings. The molecule has 1 aliphatic heterocycles. The molecule has 2 aromatic heterocycles. The minimum atomic E-state index is 0.0623. The highest BCUT2D eigenvalue weighted by molar-refractivity contribution is 7.99. The Morgan fingerprint density at radius 1 is 1.32 bits per heavy atom. The standard InChI is InChI=1S/C21H24N2O3S2/c1-2-17-12-18-19(28-17)22-21(27-13-16-9-11-25-14-26-16)23(20(18)24)10-8-15-6-4-3-5-7-15/h3-7,12,16H,2,8-11,13-14H2,1H3/t16-/m0/s1. The summed E-state index contributed by atoms with van der Waals surface area (Å²) in [6.45, 7) is 3.81.